The molecule has 0 saturated carbocycles. The quantitative estimate of drug-likeness (QED) is 0.580. The van der Waals surface area contributed by atoms with Gasteiger partial charge in [0.1, 0.15) is 17.7 Å². The molecule has 168 valence electrons. The minimum atomic E-state index is -4.57. The van der Waals surface area contributed by atoms with Crippen LogP contribution in [0.3, 0.4) is 0 Å². The summed E-state index contributed by atoms with van der Waals surface area (Å²) in [5, 5.41) is 14.3. The third kappa shape index (κ3) is 5.23. The summed E-state index contributed by atoms with van der Waals surface area (Å²) in [5.74, 6) is -0.904. The van der Waals surface area contributed by atoms with Crippen molar-refractivity contribution in [1.29, 1.82) is 0 Å². The molecule has 1 saturated heterocycles. The molecule has 0 radical (unpaired) electrons. The summed E-state index contributed by atoms with van der Waals surface area (Å²) in [4.78, 5) is 0. The lowest BCUT2D eigenvalue weighted by atomic mass is 10.0. The van der Waals surface area contributed by atoms with Crippen molar-refractivity contribution in [1.82, 2.24) is 5.32 Å². The minimum absolute atomic E-state index is 0.0835. The number of nitrogens with one attached hydrogen (secondary N) is 1. The third-order valence-electron chi connectivity index (χ3n) is 4.96. The molecule has 31 heavy (non-hydrogen) atoms. The van der Waals surface area contributed by atoms with Crippen LogP contribution in [0.4, 0.5) is 13.2 Å². The normalized spacial score (nSPS) is 20.4. The molecule has 2 aromatic carbocycles. The Hall–Kier alpha value is -2.91. The van der Waals surface area contributed by atoms with E-state index in [1.807, 2.05) is 26.8 Å². The van der Waals surface area contributed by atoms with Crippen molar-refractivity contribution in [3.8, 4) is 5.75 Å². The molecule has 1 aliphatic heterocycles. The third-order valence-corrected chi connectivity index (χ3v) is 4.96. The Labute approximate surface area is 178 Å². The van der Waals surface area contributed by atoms with E-state index in [-0.39, 0.29) is 17.4 Å². The number of benzene rings is 2. The highest BCUT2D eigenvalue weighted by Gasteiger charge is 2.32. The lowest BCUT2D eigenvalue weighted by molar-refractivity contribution is -0.138. The maximum absolute atomic E-state index is 12.9. The Bertz CT molecular complexity index is 1100. The fourth-order valence-electron chi connectivity index (χ4n) is 3.38. The zero-order valence-corrected chi connectivity index (χ0v) is 17.5. The van der Waals surface area contributed by atoms with Gasteiger partial charge < -0.3 is 31.4 Å². The first kappa shape index (κ1) is 22.8. The fourth-order valence-corrected chi connectivity index (χ4v) is 3.38. The van der Waals surface area contributed by atoms with E-state index < -0.39 is 23.3 Å². The van der Waals surface area contributed by atoms with Gasteiger partial charge in [-0.25, -0.2) is 0 Å². The second-order valence-electron chi connectivity index (χ2n) is 7.94. The van der Waals surface area contributed by atoms with Gasteiger partial charge in [0.2, 0.25) is 0 Å². The second-order valence-corrected chi connectivity index (χ2v) is 7.94. The van der Waals surface area contributed by atoms with Gasteiger partial charge in [0, 0.05) is 22.5 Å². The van der Waals surface area contributed by atoms with E-state index in [4.69, 9.17) is 20.9 Å². The van der Waals surface area contributed by atoms with Crippen LogP contribution in [0.2, 0.25) is 0 Å². The van der Waals surface area contributed by atoms with E-state index in [0.717, 1.165) is 17.7 Å². The van der Waals surface area contributed by atoms with Crippen LogP contribution in [0.1, 0.15) is 30.5 Å². The van der Waals surface area contributed by atoms with Crippen LogP contribution < -0.4 is 27.2 Å². The second kappa shape index (κ2) is 8.32. The van der Waals surface area contributed by atoms with Gasteiger partial charge in [-0.2, -0.15) is 13.2 Å². The van der Waals surface area contributed by atoms with Crippen molar-refractivity contribution in [2.75, 3.05) is 13.2 Å². The molecule has 1 atom stereocenters. The van der Waals surface area contributed by atoms with Crippen molar-refractivity contribution in [2.24, 2.45) is 11.5 Å². The fraction of sp³-hybridized carbons (Fsp3) is 0.364. The van der Waals surface area contributed by atoms with E-state index in [0.29, 0.717) is 35.5 Å². The van der Waals surface area contributed by atoms with Crippen molar-refractivity contribution in [3.05, 3.63) is 63.5 Å². The molecule has 0 spiro atoms. The molecular formula is C22H26F3N3O3. The van der Waals surface area contributed by atoms with Crippen LogP contribution in [0.15, 0.2) is 36.4 Å². The summed E-state index contributed by atoms with van der Waals surface area (Å²) in [5.41, 5.74) is 12.7. The van der Waals surface area contributed by atoms with E-state index in [2.05, 4.69) is 5.32 Å². The summed E-state index contributed by atoms with van der Waals surface area (Å²) in [6.07, 6.45) is -4.76. The lowest BCUT2D eigenvalue weighted by Crippen LogP contribution is -2.41. The number of aryl methyl sites for hydroxylation is 1. The predicted molar refractivity (Wildman–Crippen MR) is 111 cm³/mol. The van der Waals surface area contributed by atoms with Gasteiger partial charge in [-0.1, -0.05) is 17.7 Å². The summed E-state index contributed by atoms with van der Waals surface area (Å²) >= 11 is 0. The smallest absolute Gasteiger partial charge is 0.416 e. The highest BCUT2D eigenvalue weighted by molar-refractivity contribution is 5.69. The van der Waals surface area contributed by atoms with E-state index in [1.54, 1.807) is 12.1 Å². The number of alkyl halides is 3. The number of ether oxygens (including phenoxy) is 2. The van der Waals surface area contributed by atoms with Gasteiger partial charge in [0.25, 0.3) is 0 Å². The minimum Gasteiger partial charge on any atom is -0.507 e. The largest absolute Gasteiger partial charge is 0.507 e. The average molecular weight is 437 g/mol. The standard InChI is InChI=1S/C22H26F3N3O3/c1-12-4-6-15(19(26)16-7-5-13(9-18(16)29)22(23,24)25)17(8-12)20(27)28-10-14-11-30-21(2,3)31-14/h4-9,14,28-29H,10-11,26-27H2,1-3H3/b19-15-,20-17+. The molecule has 6 N–H and O–H groups in total. The van der Waals surface area contributed by atoms with Crippen LogP contribution in [0.25, 0.3) is 11.5 Å². The average Bonchev–Trinajstić information content (AvgIpc) is 3.03. The molecule has 1 heterocycles. The maximum Gasteiger partial charge on any atom is 0.416 e. The molecule has 2 aromatic rings. The number of phenols is 1. The summed E-state index contributed by atoms with van der Waals surface area (Å²) in [7, 11) is 0. The van der Waals surface area contributed by atoms with Gasteiger partial charge in [-0.05, 0) is 45.0 Å². The highest BCUT2D eigenvalue weighted by atomic mass is 19.4. The Morgan fingerprint density at radius 1 is 1.16 bits per heavy atom. The number of aromatic hydroxyl groups is 1. The molecule has 1 fully saturated rings. The topological polar surface area (TPSA) is 103 Å². The molecule has 1 aliphatic rings. The van der Waals surface area contributed by atoms with Gasteiger partial charge >= 0.3 is 6.18 Å². The zero-order valence-electron chi connectivity index (χ0n) is 17.5. The Balaban J connectivity index is 2.02. The molecule has 0 aliphatic carbocycles. The summed E-state index contributed by atoms with van der Waals surface area (Å²) in [6, 6.07) is 8.00. The highest BCUT2D eigenvalue weighted by Crippen LogP contribution is 2.33. The first-order valence-corrected chi connectivity index (χ1v) is 9.70. The molecule has 0 aromatic heterocycles. The van der Waals surface area contributed by atoms with Crippen molar-refractivity contribution in [3.63, 3.8) is 0 Å². The first-order chi connectivity index (χ1) is 14.4. The molecule has 9 heteroatoms. The van der Waals surface area contributed by atoms with E-state index in [9.17, 15) is 18.3 Å². The molecule has 0 bridgehead atoms. The number of hydrogen-bond acceptors (Lipinski definition) is 6. The van der Waals surface area contributed by atoms with E-state index in [1.165, 1.54) is 0 Å². The summed E-state index contributed by atoms with van der Waals surface area (Å²) < 4.78 is 50.0. The Kier molecular flexibility index (Phi) is 6.11. The van der Waals surface area contributed by atoms with Crippen molar-refractivity contribution < 1.29 is 27.8 Å². The number of rotatable bonds is 4. The summed E-state index contributed by atoms with van der Waals surface area (Å²) in [6.45, 7) is 6.34. The van der Waals surface area contributed by atoms with Crippen molar-refractivity contribution >= 4 is 11.5 Å². The number of halogens is 3. The van der Waals surface area contributed by atoms with Gasteiger partial charge in [0.05, 0.1) is 17.9 Å². The van der Waals surface area contributed by atoms with Crippen LogP contribution in [0.5, 0.6) is 5.75 Å². The SMILES string of the molecule is Cc1ccc(=C(/N)c2ccc(C(F)(F)F)cc2O)/c(=C(\N)NCC2COC(C)(C)O2)c1. The number of hydrogen-bond donors (Lipinski definition) is 4. The van der Waals surface area contributed by atoms with Gasteiger partial charge in [-0.15, -0.1) is 0 Å². The maximum atomic E-state index is 12.9. The Morgan fingerprint density at radius 3 is 2.45 bits per heavy atom. The first-order valence-electron chi connectivity index (χ1n) is 9.70. The molecule has 0 amide bonds. The lowest BCUT2D eigenvalue weighted by Gasteiger charge is -2.17. The Morgan fingerprint density at radius 2 is 1.87 bits per heavy atom. The van der Waals surface area contributed by atoms with Gasteiger partial charge in [-0.3, -0.25) is 0 Å². The number of phenolic OH excluding ortho intramolecular Hbond substituents is 1. The molecular weight excluding hydrogens is 411 g/mol. The molecule has 3 rings (SSSR count). The van der Waals surface area contributed by atoms with E-state index >= 15 is 0 Å². The monoisotopic (exact) mass is 437 g/mol. The van der Waals surface area contributed by atoms with Crippen LogP contribution in [0, 0.1) is 6.92 Å². The molecule has 1 unspecified atom stereocenters. The van der Waals surface area contributed by atoms with Crippen LogP contribution in [-0.4, -0.2) is 30.1 Å². The number of nitrogens with two attached hydrogens (primary N) is 2. The van der Waals surface area contributed by atoms with Crippen LogP contribution in [-0.2, 0) is 15.7 Å². The predicted octanol–water partition coefficient (Wildman–Crippen LogP) is 1.60. The molecule has 6 nitrogen and oxygen atoms in total. The van der Waals surface area contributed by atoms with Crippen LogP contribution >= 0.6 is 0 Å². The van der Waals surface area contributed by atoms with Crippen molar-refractivity contribution in [2.45, 2.75) is 38.8 Å². The zero-order chi connectivity index (χ0) is 23.0. The van der Waals surface area contributed by atoms with Gasteiger partial charge in [0.15, 0.2) is 5.79 Å².